The number of thioether (sulfide) groups is 1. The van der Waals surface area contributed by atoms with Gasteiger partial charge < -0.3 is 4.42 Å². The third kappa shape index (κ3) is 3.83. The smallest absolute Gasteiger partial charge is 0.276 e. The van der Waals surface area contributed by atoms with Crippen LogP contribution < -0.4 is 0 Å². The molecule has 0 aliphatic heterocycles. The summed E-state index contributed by atoms with van der Waals surface area (Å²) in [6.45, 7) is 0. The summed E-state index contributed by atoms with van der Waals surface area (Å²) in [5, 5.41) is 9.33. The molecular formula is C15H12ClN3OS. The number of benzene rings is 1. The van der Waals surface area contributed by atoms with Crippen LogP contribution in [0.25, 0.3) is 11.5 Å². The molecule has 0 saturated heterocycles. The van der Waals surface area contributed by atoms with E-state index in [4.69, 9.17) is 16.0 Å². The zero-order valence-corrected chi connectivity index (χ0v) is 12.6. The minimum atomic E-state index is 0.506. The molecule has 0 saturated carbocycles. The number of pyridine rings is 1. The first-order chi connectivity index (χ1) is 10.3. The van der Waals surface area contributed by atoms with Gasteiger partial charge in [-0.2, -0.15) is 0 Å². The molecule has 106 valence electrons. The van der Waals surface area contributed by atoms with Gasteiger partial charge in [-0.25, -0.2) is 0 Å². The lowest BCUT2D eigenvalue weighted by atomic mass is 10.2. The molecule has 0 aliphatic rings. The van der Waals surface area contributed by atoms with Gasteiger partial charge in [0.1, 0.15) is 0 Å². The standard InChI is InChI=1S/C15H12ClN3OS/c16-12-6-4-11(5-7-12)14-18-19-15(20-14)21-10-8-13-3-1-2-9-17-13/h1-7,9H,8,10H2. The van der Waals surface area contributed by atoms with Crippen molar-refractivity contribution in [1.29, 1.82) is 0 Å². The van der Waals surface area contributed by atoms with Crippen LogP contribution in [0, 0.1) is 0 Å². The highest BCUT2D eigenvalue weighted by molar-refractivity contribution is 7.99. The fraction of sp³-hybridized carbons (Fsp3) is 0.133. The van der Waals surface area contributed by atoms with Crippen molar-refractivity contribution in [3.8, 4) is 11.5 Å². The van der Waals surface area contributed by atoms with E-state index >= 15 is 0 Å². The van der Waals surface area contributed by atoms with Gasteiger partial charge in [-0.15, -0.1) is 10.2 Å². The summed E-state index contributed by atoms with van der Waals surface area (Å²) in [6, 6.07) is 13.2. The summed E-state index contributed by atoms with van der Waals surface area (Å²) in [6.07, 6.45) is 2.66. The normalized spacial score (nSPS) is 10.7. The number of hydrogen-bond donors (Lipinski definition) is 0. The molecule has 3 aromatic rings. The van der Waals surface area contributed by atoms with Crippen molar-refractivity contribution in [3.05, 3.63) is 59.4 Å². The summed E-state index contributed by atoms with van der Waals surface area (Å²) >= 11 is 7.38. The van der Waals surface area contributed by atoms with Crippen LogP contribution in [0.2, 0.25) is 5.02 Å². The maximum atomic E-state index is 5.85. The summed E-state index contributed by atoms with van der Waals surface area (Å²) < 4.78 is 5.62. The Morgan fingerprint density at radius 2 is 1.90 bits per heavy atom. The van der Waals surface area contributed by atoms with Crippen LogP contribution in [-0.2, 0) is 6.42 Å². The first kappa shape index (κ1) is 14.1. The highest BCUT2D eigenvalue weighted by Crippen LogP contribution is 2.24. The molecule has 1 aromatic carbocycles. The van der Waals surface area contributed by atoms with Crippen molar-refractivity contribution < 1.29 is 4.42 Å². The van der Waals surface area contributed by atoms with Gasteiger partial charge in [-0.3, -0.25) is 4.98 Å². The van der Waals surface area contributed by atoms with Crippen molar-refractivity contribution in [1.82, 2.24) is 15.2 Å². The molecule has 0 N–H and O–H groups in total. The van der Waals surface area contributed by atoms with E-state index in [1.807, 2.05) is 30.3 Å². The molecule has 4 nitrogen and oxygen atoms in total. The summed E-state index contributed by atoms with van der Waals surface area (Å²) in [4.78, 5) is 4.28. The zero-order chi connectivity index (χ0) is 14.5. The lowest BCUT2D eigenvalue weighted by Gasteiger charge is -1.97. The van der Waals surface area contributed by atoms with Crippen LogP contribution in [0.15, 0.2) is 58.3 Å². The number of halogens is 1. The largest absolute Gasteiger partial charge is 0.411 e. The van der Waals surface area contributed by atoms with Crippen LogP contribution in [0.4, 0.5) is 0 Å². The molecule has 0 fully saturated rings. The van der Waals surface area contributed by atoms with E-state index in [-0.39, 0.29) is 0 Å². The molecule has 0 atom stereocenters. The SMILES string of the molecule is Clc1ccc(-c2nnc(SCCc3ccccn3)o2)cc1. The molecule has 0 aliphatic carbocycles. The number of rotatable bonds is 5. The quantitative estimate of drug-likeness (QED) is 0.662. The van der Waals surface area contributed by atoms with Crippen molar-refractivity contribution in [3.63, 3.8) is 0 Å². The third-order valence-electron chi connectivity index (χ3n) is 2.81. The van der Waals surface area contributed by atoms with E-state index in [1.54, 1.807) is 18.3 Å². The van der Waals surface area contributed by atoms with E-state index in [9.17, 15) is 0 Å². The molecule has 0 unspecified atom stereocenters. The Kier molecular flexibility index (Phi) is 4.52. The average molecular weight is 318 g/mol. The van der Waals surface area contributed by atoms with Gasteiger partial charge in [-0.1, -0.05) is 29.4 Å². The van der Waals surface area contributed by atoms with Gasteiger partial charge in [0.15, 0.2) is 0 Å². The minimum absolute atomic E-state index is 0.506. The van der Waals surface area contributed by atoms with Crippen molar-refractivity contribution in [2.24, 2.45) is 0 Å². The predicted molar refractivity (Wildman–Crippen MR) is 83.4 cm³/mol. The zero-order valence-electron chi connectivity index (χ0n) is 11.1. The Morgan fingerprint density at radius 3 is 2.67 bits per heavy atom. The monoisotopic (exact) mass is 317 g/mol. The number of aromatic nitrogens is 3. The summed E-state index contributed by atoms with van der Waals surface area (Å²) in [5.74, 6) is 1.35. The molecule has 0 spiro atoms. The van der Waals surface area contributed by atoms with Crippen LogP contribution >= 0.6 is 23.4 Å². The lowest BCUT2D eigenvalue weighted by Crippen LogP contribution is -1.91. The average Bonchev–Trinajstić information content (AvgIpc) is 2.98. The molecule has 2 aromatic heterocycles. The number of nitrogens with zero attached hydrogens (tertiary/aromatic N) is 3. The molecule has 0 bridgehead atoms. The van der Waals surface area contributed by atoms with Gasteiger partial charge in [0.05, 0.1) is 0 Å². The minimum Gasteiger partial charge on any atom is -0.411 e. The van der Waals surface area contributed by atoms with Crippen molar-refractivity contribution >= 4 is 23.4 Å². The summed E-state index contributed by atoms with van der Waals surface area (Å²) in [7, 11) is 0. The van der Waals surface area contributed by atoms with E-state index in [0.29, 0.717) is 16.1 Å². The van der Waals surface area contributed by atoms with Gasteiger partial charge in [-0.05, 0) is 42.8 Å². The maximum Gasteiger partial charge on any atom is 0.276 e. The highest BCUT2D eigenvalue weighted by atomic mass is 35.5. The second kappa shape index (κ2) is 6.74. The van der Waals surface area contributed by atoms with Crippen LogP contribution in [0.5, 0.6) is 0 Å². The third-order valence-corrected chi connectivity index (χ3v) is 3.88. The first-order valence-electron chi connectivity index (χ1n) is 6.43. The van der Waals surface area contributed by atoms with Crippen LogP contribution in [0.3, 0.4) is 0 Å². The Hall–Kier alpha value is -1.85. The number of hydrogen-bond acceptors (Lipinski definition) is 5. The number of aryl methyl sites for hydroxylation is 1. The van der Waals surface area contributed by atoms with Crippen molar-refractivity contribution in [2.45, 2.75) is 11.6 Å². The van der Waals surface area contributed by atoms with E-state index in [2.05, 4.69) is 15.2 Å². The van der Waals surface area contributed by atoms with Gasteiger partial charge >= 0.3 is 0 Å². The molecule has 6 heteroatoms. The highest BCUT2D eigenvalue weighted by Gasteiger charge is 2.09. The Balaban J connectivity index is 1.59. The molecular weight excluding hydrogens is 306 g/mol. The molecule has 21 heavy (non-hydrogen) atoms. The maximum absolute atomic E-state index is 5.85. The van der Waals surface area contributed by atoms with Gasteiger partial charge in [0.2, 0.25) is 5.89 Å². The first-order valence-corrected chi connectivity index (χ1v) is 7.80. The fourth-order valence-electron chi connectivity index (χ4n) is 1.77. The van der Waals surface area contributed by atoms with E-state index in [0.717, 1.165) is 23.4 Å². The molecule has 0 amide bonds. The van der Waals surface area contributed by atoms with E-state index < -0.39 is 0 Å². The molecule has 3 rings (SSSR count). The Morgan fingerprint density at radius 1 is 1.05 bits per heavy atom. The second-order valence-corrected chi connectivity index (χ2v) is 5.78. The lowest BCUT2D eigenvalue weighted by molar-refractivity contribution is 0.466. The molecule has 0 radical (unpaired) electrons. The Labute approximate surface area is 131 Å². The second-order valence-electron chi connectivity index (χ2n) is 4.30. The fourth-order valence-corrected chi connectivity index (χ4v) is 2.61. The van der Waals surface area contributed by atoms with Crippen LogP contribution in [0.1, 0.15) is 5.69 Å². The van der Waals surface area contributed by atoms with Gasteiger partial charge in [0, 0.05) is 28.2 Å². The van der Waals surface area contributed by atoms with E-state index in [1.165, 1.54) is 11.8 Å². The Bertz CT molecular complexity index is 700. The molecule has 2 heterocycles. The van der Waals surface area contributed by atoms with Crippen molar-refractivity contribution in [2.75, 3.05) is 5.75 Å². The topological polar surface area (TPSA) is 51.8 Å². The van der Waals surface area contributed by atoms with Gasteiger partial charge in [0.25, 0.3) is 5.22 Å². The van der Waals surface area contributed by atoms with Crippen LogP contribution in [-0.4, -0.2) is 20.9 Å². The predicted octanol–water partition coefficient (Wildman–Crippen LogP) is 4.12. The summed E-state index contributed by atoms with van der Waals surface area (Å²) in [5.41, 5.74) is 1.92.